The van der Waals surface area contributed by atoms with Gasteiger partial charge in [0, 0.05) is 12.5 Å². The van der Waals surface area contributed by atoms with Crippen LogP contribution in [0.2, 0.25) is 0 Å². The lowest BCUT2D eigenvalue weighted by Gasteiger charge is -2.17. The van der Waals surface area contributed by atoms with Crippen molar-refractivity contribution < 1.29 is 14.4 Å². The summed E-state index contributed by atoms with van der Waals surface area (Å²) in [4.78, 5) is 34.1. The monoisotopic (exact) mass is 181 g/mol. The molecule has 0 saturated carbocycles. The summed E-state index contributed by atoms with van der Waals surface area (Å²) in [6.07, 6.45) is 0.616. The van der Waals surface area contributed by atoms with Crippen molar-refractivity contribution in [2.45, 2.75) is 26.8 Å². The summed E-state index contributed by atoms with van der Waals surface area (Å²) in [5, 5.41) is 0. The Morgan fingerprint density at radius 1 is 1.46 bits per heavy atom. The summed E-state index contributed by atoms with van der Waals surface area (Å²) >= 11 is 0. The van der Waals surface area contributed by atoms with E-state index < -0.39 is 11.9 Å². The highest BCUT2D eigenvalue weighted by molar-refractivity contribution is 6.09. The molecule has 1 unspecified atom stereocenters. The van der Waals surface area contributed by atoms with Crippen molar-refractivity contribution in [3.8, 4) is 0 Å². The van der Waals surface area contributed by atoms with E-state index in [0.717, 1.165) is 4.90 Å². The quantitative estimate of drug-likeness (QED) is 0.546. The number of imide groups is 1. The Kier molecular flexibility index (Phi) is 2.32. The minimum atomic E-state index is -0.690. The highest BCUT2D eigenvalue weighted by Gasteiger charge is 2.36. The van der Waals surface area contributed by atoms with Gasteiger partial charge in [-0.15, -0.1) is 0 Å². The first kappa shape index (κ1) is 9.64. The van der Waals surface area contributed by atoms with Crippen LogP contribution in [0.1, 0.15) is 20.8 Å². The highest BCUT2D eigenvalue weighted by atomic mass is 16.2. The van der Waals surface area contributed by atoms with E-state index in [1.54, 1.807) is 13.8 Å². The van der Waals surface area contributed by atoms with E-state index in [1.165, 1.54) is 6.92 Å². The smallest absolute Gasteiger partial charge is 0.257 e. The number of rotatable bonds is 1. The third-order valence-electron chi connectivity index (χ3n) is 2.32. The lowest BCUT2D eigenvalue weighted by molar-refractivity contribution is -0.143. The van der Waals surface area contributed by atoms with Gasteiger partial charge in [-0.05, 0) is 19.4 Å². The molecule has 0 fully saturated rings. The summed E-state index contributed by atoms with van der Waals surface area (Å²) in [6, 6.07) is -0.690. The van der Waals surface area contributed by atoms with Crippen LogP contribution in [0.5, 0.6) is 0 Å². The minimum Gasteiger partial charge on any atom is -0.301 e. The fourth-order valence-electron chi connectivity index (χ4n) is 1.39. The van der Waals surface area contributed by atoms with Gasteiger partial charge in [0.05, 0.1) is 0 Å². The molecule has 0 aromatic heterocycles. The van der Waals surface area contributed by atoms with Crippen LogP contribution in [0.25, 0.3) is 0 Å². The second-order valence-corrected chi connectivity index (χ2v) is 3.08. The Hall–Kier alpha value is -1.45. The lowest BCUT2D eigenvalue weighted by Crippen LogP contribution is -2.39. The number of carbonyl (C=O) groups excluding carboxylic acids is 3. The first-order valence-electron chi connectivity index (χ1n) is 3.97. The van der Waals surface area contributed by atoms with Gasteiger partial charge in [0.15, 0.2) is 0 Å². The summed E-state index contributed by atoms with van der Waals surface area (Å²) in [6.45, 7) is 4.59. The average Bonchev–Trinajstić information content (AvgIpc) is 2.29. The number of hydrogen-bond acceptors (Lipinski definition) is 3. The van der Waals surface area contributed by atoms with Crippen LogP contribution in [0.3, 0.4) is 0 Å². The second-order valence-electron chi connectivity index (χ2n) is 3.08. The zero-order chi connectivity index (χ0) is 10.2. The van der Waals surface area contributed by atoms with Gasteiger partial charge in [-0.2, -0.15) is 0 Å². The molecule has 0 N–H and O–H groups in total. The number of amides is 2. The fraction of sp³-hybridized carbons (Fsp3) is 0.444. The van der Waals surface area contributed by atoms with Gasteiger partial charge < -0.3 is 4.79 Å². The van der Waals surface area contributed by atoms with E-state index in [9.17, 15) is 14.4 Å². The molecule has 4 heteroatoms. The van der Waals surface area contributed by atoms with Crippen molar-refractivity contribution in [2.24, 2.45) is 0 Å². The normalized spacial score (nSPS) is 22.5. The van der Waals surface area contributed by atoms with Gasteiger partial charge in [0.1, 0.15) is 12.3 Å². The maximum Gasteiger partial charge on any atom is 0.257 e. The van der Waals surface area contributed by atoms with Crippen molar-refractivity contribution in [1.29, 1.82) is 0 Å². The van der Waals surface area contributed by atoms with E-state index in [4.69, 9.17) is 0 Å². The molecular formula is C9H11NO3. The molecule has 0 radical (unpaired) electrons. The van der Waals surface area contributed by atoms with E-state index in [1.807, 2.05) is 0 Å². The van der Waals surface area contributed by atoms with Gasteiger partial charge >= 0.3 is 0 Å². The summed E-state index contributed by atoms with van der Waals surface area (Å²) < 4.78 is 0. The molecule has 0 aliphatic carbocycles. The van der Waals surface area contributed by atoms with Crippen LogP contribution in [-0.2, 0) is 14.4 Å². The average molecular weight is 181 g/mol. The van der Waals surface area contributed by atoms with Crippen molar-refractivity contribution >= 4 is 18.1 Å². The van der Waals surface area contributed by atoms with Gasteiger partial charge in [-0.3, -0.25) is 14.5 Å². The first-order valence-corrected chi connectivity index (χ1v) is 3.97. The van der Waals surface area contributed by atoms with Crippen molar-refractivity contribution in [1.82, 2.24) is 4.90 Å². The molecule has 0 bridgehead atoms. The molecule has 0 saturated heterocycles. The topological polar surface area (TPSA) is 54.5 Å². The molecule has 2 amide bonds. The molecule has 1 rings (SSSR count). The Bertz CT molecular complexity index is 317. The van der Waals surface area contributed by atoms with Crippen molar-refractivity contribution in [3.05, 3.63) is 11.1 Å². The number of carbonyl (C=O) groups is 3. The van der Waals surface area contributed by atoms with Crippen LogP contribution in [0.4, 0.5) is 0 Å². The first-order chi connectivity index (χ1) is 6.00. The third-order valence-corrected chi connectivity index (χ3v) is 2.32. The largest absolute Gasteiger partial charge is 0.301 e. The second kappa shape index (κ2) is 3.12. The van der Waals surface area contributed by atoms with Gasteiger partial charge in [-0.1, -0.05) is 0 Å². The predicted octanol–water partition coefficient (Wildman–Crippen LogP) is 0.279. The van der Waals surface area contributed by atoms with Crippen molar-refractivity contribution in [2.75, 3.05) is 0 Å². The van der Waals surface area contributed by atoms with Crippen LogP contribution in [0.15, 0.2) is 11.1 Å². The van der Waals surface area contributed by atoms with Gasteiger partial charge in [0.2, 0.25) is 5.91 Å². The zero-order valence-corrected chi connectivity index (χ0v) is 7.83. The molecule has 1 aliphatic heterocycles. The van der Waals surface area contributed by atoms with E-state index in [2.05, 4.69) is 0 Å². The third kappa shape index (κ3) is 1.28. The molecule has 1 heterocycles. The molecule has 0 spiro atoms. The molecule has 1 aliphatic rings. The van der Waals surface area contributed by atoms with Crippen LogP contribution in [0, 0.1) is 0 Å². The molecule has 0 aromatic rings. The van der Waals surface area contributed by atoms with Gasteiger partial charge in [-0.25, -0.2) is 0 Å². The van der Waals surface area contributed by atoms with E-state index in [0.29, 0.717) is 17.4 Å². The Morgan fingerprint density at radius 2 is 2.00 bits per heavy atom. The molecule has 0 aromatic carbocycles. The highest BCUT2D eigenvalue weighted by Crippen LogP contribution is 2.23. The number of hydrogen-bond donors (Lipinski definition) is 0. The lowest BCUT2D eigenvalue weighted by atomic mass is 10.1. The number of nitrogens with zero attached hydrogens (tertiary/aromatic N) is 1. The Balaban J connectivity index is 3.12. The SMILES string of the molecule is CC(=O)N1C(=O)C(C)=C(C)C1C=O. The Morgan fingerprint density at radius 3 is 2.31 bits per heavy atom. The summed E-state index contributed by atoms with van der Waals surface area (Å²) in [5.74, 6) is -0.750. The van der Waals surface area contributed by atoms with Gasteiger partial charge in [0.25, 0.3) is 5.91 Å². The number of aldehydes is 1. The molecule has 70 valence electrons. The fourth-order valence-corrected chi connectivity index (χ4v) is 1.39. The maximum absolute atomic E-state index is 11.4. The maximum atomic E-state index is 11.4. The van der Waals surface area contributed by atoms with Crippen LogP contribution < -0.4 is 0 Å². The zero-order valence-electron chi connectivity index (χ0n) is 7.83. The molecule has 4 nitrogen and oxygen atoms in total. The Labute approximate surface area is 76.2 Å². The minimum absolute atomic E-state index is 0.359. The molecule has 13 heavy (non-hydrogen) atoms. The van der Waals surface area contributed by atoms with Crippen LogP contribution in [-0.4, -0.2) is 29.0 Å². The summed E-state index contributed by atoms with van der Waals surface area (Å²) in [5.41, 5.74) is 1.16. The predicted molar refractivity (Wildman–Crippen MR) is 45.8 cm³/mol. The van der Waals surface area contributed by atoms with Crippen LogP contribution >= 0.6 is 0 Å². The van der Waals surface area contributed by atoms with E-state index >= 15 is 0 Å². The standard InChI is InChI=1S/C9H11NO3/c1-5-6(2)9(13)10(7(3)12)8(5)4-11/h4,8H,1-3H3. The molecular weight excluding hydrogens is 170 g/mol. The van der Waals surface area contributed by atoms with Crippen molar-refractivity contribution in [3.63, 3.8) is 0 Å². The molecule has 1 atom stereocenters. The van der Waals surface area contributed by atoms with E-state index in [-0.39, 0.29) is 5.91 Å². The summed E-state index contributed by atoms with van der Waals surface area (Å²) in [7, 11) is 0.